The zero-order chi connectivity index (χ0) is 15.4. The predicted molar refractivity (Wildman–Crippen MR) is 87.2 cm³/mol. The summed E-state index contributed by atoms with van der Waals surface area (Å²) in [7, 11) is 1.63. The van der Waals surface area contributed by atoms with E-state index >= 15 is 0 Å². The van der Waals surface area contributed by atoms with Crippen LogP contribution >= 0.6 is 15.9 Å². The van der Waals surface area contributed by atoms with Gasteiger partial charge in [-0.1, -0.05) is 18.2 Å². The van der Waals surface area contributed by atoms with Gasteiger partial charge in [0.25, 0.3) is 0 Å². The molecule has 0 heterocycles. The molecule has 0 atom stereocenters. The number of nitrogen functional groups attached to an aromatic ring is 1. The molecular formula is C16H17BrN2O2. The number of methoxy groups -OCH3 is 1. The molecule has 0 saturated heterocycles. The van der Waals surface area contributed by atoms with Crippen molar-refractivity contribution in [2.75, 3.05) is 7.11 Å². The van der Waals surface area contributed by atoms with Crippen LogP contribution in [0.5, 0.6) is 11.5 Å². The average Bonchev–Trinajstić information content (AvgIpc) is 2.46. The number of nitrogens with one attached hydrogen (secondary N) is 1. The highest BCUT2D eigenvalue weighted by Gasteiger charge is 2.06. The van der Waals surface area contributed by atoms with Crippen molar-refractivity contribution in [3.05, 3.63) is 57.6 Å². The Labute approximate surface area is 132 Å². The van der Waals surface area contributed by atoms with Gasteiger partial charge < -0.3 is 15.2 Å². The first-order valence-corrected chi connectivity index (χ1v) is 7.21. The Bertz CT molecular complexity index is 671. The molecule has 0 aromatic heterocycles. The number of amidine groups is 1. The minimum Gasteiger partial charge on any atom is -0.496 e. The van der Waals surface area contributed by atoms with Crippen LogP contribution < -0.4 is 15.2 Å². The smallest absolute Gasteiger partial charge is 0.133 e. The molecule has 2 aromatic rings. The normalized spacial score (nSPS) is 10.2. The van der Waals surface area contributed by atoms with Gasteiger partial charge in [-0.2, -0.15) is 0 Å². The van der Waals surface area contributed by atoms with Gasteiger partial charge in [0.05, 0.1) is 11.6 Å². The van der Waals surface area contributed by atoms with Crippen molar-refractivity contribution in [2.24, 2.45) is 5.73 Å². The van der Waals surface area contributed by atoms with Gasteiger partial charge in [0, 0.05) is 5.56 Å². The van der Waals surface area contributed by atoms with Gasteiger partial charge in [-0.3, -0.25) is 5.41 Å². The van der Waals surface area contributed by atoms with Crippen LogP contribution in [0.25, 0.3) is 0 Å². The maximum Gasteiger partial charge on any atom is 0.133 e. The summed E-state index contributed by atoms with van der Waals surface area (Å²) in [6.07, 6.45) is 0. The summed E-state index contributed by atoms with van der Waals surface area (Å²) in [6.45, 7) is 2.40. The van der Waals surface area contributed by atoms with Crippen LogP contribution in [0.3, 0.4) is 0 Å². The lowest BCUT2D eigenvalue weighted by molar-refractivity contribution is 0.303. The van der Waals surface area contributed by atoms with Crippen LogP contribution in [-0.2, 0) is 6.61 Å². The fraction of sp³-hybridized carbons (Fsp3) is 0.188. The van der Waals surface area contributed by atoms with Gasteiger partial charge >= 0.3 is 0 Å². The Morgan fingerprint density at radius 1 is 1.19 bits per heavy atom. The Balaban J connectivity index is 2.14. The number of nitrogens with two attached hydrogens (primary N) is 1. The average molecular weight is 349 g/mol. The first kappa shape index (κ1) is 15.4. The van der Waals surface area contributed by atoms with E-state index in [4.69, 9.17) is 20.6 Å². The number of rotatable bonds is 5. The fourth-order valence-electron chi connectivity index (χ4n) is 1.88. The predicted octanol–water partition coefficient (Wildman–Crippen LogP) is 3.63. The quantitative estimate of drug-likeness (QED) is 0.640. The Morgan fingerprint density at radius 3 is 2.57 bits per heavy atom. The first-order chi connectivity index (χ1) is 10.0. The van der Waals surface area contributed by atoms with Gasteiger partial charge in [0.15, 0.2) is 0 Å². The lowest BCUT2D eigenvalue weighted by Crippen LogP contribution is -2.11. The minimum absolute atomic E-state index is 0.0343. The number of hydrogen-bond acceptors (Lipinski definition) is 3. The maximum atomic E-state index is 7.47. The summed E-state index contributed by atoms with van der Waals surface area (Å²) >= 11 is 3.45. The SMILES string of the molecule is COc1ccc(COc2cc(C(=N)N)ccc2C)cc1Br. The third-order valence-corrected chi connectivity index (χ3v) is 3.73. The number of aryl methyl sites for hydroxylation is 1. The van der Waals surface area contributed by atoms with E-state index in [1.54, 1.807) is 13.2 Å². The first-order valence-electron chi connectivity index (χ1n) is 6.41. The van der Waals surface area contributed by atoms with Gasteiger partial charge in [-0.05, 0) is 52.2 Å². The Morgan fingerprint density at radius 2 is 1.95 bits per heavy atom. The van der Waals surface area contributed by atoms with Gasteiger partial charge in [-0.15, -0.1) is 0 Å². The molecule has 110 valence electrons. The zero-order valence-electron chi connectivity index (χ0n) is 11.9. The van der Waals surface area contributed by atoms with Gasteiger partial charge in [-0.25, -0.2) is 0 Å². The van der Waals surface area contributed by atoms with E-state index < -0.39 is 0 Å². The largest absolute Gasteiger partial charge is 0.496 e. The number of ether oxygens (including phenoxy) is 2. The van der Waals surface area contributed by atoms with E-state index in [0.29, 0.717) is 12.2 Å². The molecule has 21 heavy (non-hydrogen) atoms. The highest BCUT2D eigenvalue weighted by atomic mass is 79.9. The molecule has 0 unspecified atom stereocenters. The Kier molecular flexibility index (Phi) is 4.85. The third-order valence-electron chi connectivity index (χ3n) is 3.11. The molecule has 3 N–H and O–H groups in total. The number of benzene rings is 2. The summed E-state index contributed by atoms with van der Waals surface area (Å²) in [4.78, 5) is 0. The van der Waals surface area contributed by atoms with Crippen LogP contribution in [0.4, 0.5) is 0 Å². The summed E-state index contributed by atoms with van der Waals surface area (Å²) in [6, 6.07) is 11.3. The van der Waals surface area contributed by atoms with E-state index in [-0.39, 0.29) is 5.84 Å². The standard InChI is InChI=1S/C16H17BrN2O2/c1-10-3-5-12(16(18)19)8-15(10)21-9-11-4-6-14(20-2)13(17)7-11/h3-8H,9H2,1-2H3,(H3,18,19). The molecule has 4 nitrogen and oxygen atoms in total. The maximum absolute atomic E-state index is 7.47. The van der Waals surface area contributed by atoms with E-state index in [9.17, 15) is 0 Å². The van der Waals surface area contributed by atoms with Crippen molar-refractivity contribution < 1.29 is 9.47 Å². The van der Waals surface area contributed by atoms with Crippen molar-refractivity contribution in [1.82, 2.24) is 0 Å². The summed E-state index contributed by atoms with van der Waals surface area (Å²) in [5.74, 6) is 1.55. The molecule has 0 amide bonds. The summed E-state index contributed by atoms with van der Waals surface area (Å²) < 4.78 is 11.9. The molecule has 0 aliphatic heterocycles. The molecule has 0 fully saturated rings. The molecule has 0 saturated carbocycles. The molecule has 0 aliphatic rings. The van der Waals surface area contributed by atoms with Crippen molar-refractivity contribution >= 4 is 21.8 Å². The highest BCUT2D eigenvalue weighted by molar-refractivity contribution is 9.10. The van der Waals surface area contributed by atoms with Gasteiger partial charge in [0.1, 0.15) is 23.9 Å². The number of hydrogen-bond donors (Lipinski definition) is 2. The van der Waals surface area contributed by atoms with E-state index in [0.717, 1.165) is 27.1 Å². The Hall–Kier alpha value is -2.01. The van der Waals surface area contributed by atoms with Crippen LogP contribution in [0.15, 0.2) is 40.9 Å². The number of halogens is 1. The topological polar surface area (TPSA) is 68.3 Å². The van der Waals surface area contributed by atoms with Crippen molar-refractivity contribution in [3.63, 3.8) is 0 Å². The second-order valence-electron chi connectivity index (χ2n) is 4.65. The molecular weight excluding hydrogens is 332 g/mol. The lowest BCUT2D eigenvalue weighted by atomic mass is 10.1. The molecule has 0 spiro atoms. The van der Waals surface area contributed by atoms with Crippen LogP contribution in [0, 0.1) is 12.3 Å². The fourth-order valence-corrected chi connectivity index (χ4v) is 2.47. The third kappa shape index (κ3) is 3.76. The van der Waals surface area contributed by atoms with Crippen molar-refractivity contribution in [3.8, 4) is 11.5 Å². The van der Waals surface area contributed by atoms with Crippen LogP contribution in [0.2, 0.25) is 0 Å². The van der Waals surface area contributed by atoms with Crippen LogP contribution in [-0.4, -0.2) is 12.9 Å². The van der Waals surface area contributed by atoms with Gasteiger partial charge in [0.2, 0.25) is 0 Å². The molecule has 2 rings (SSSR count). The van der Waals surface area contributed by atoms with Crippen LogP contribution in [0.1, 0.15) is 16.7 Å². The molecule has 5 heteroatoms. The lowest BCUT2D eigenvalue weighted by Gasteiger charge is -2.12. The second-order valence-corrected chi connectivity index (χ2v) is 5.51. The summed E-state index contributed by atoms with van der Waals surface area (Å²) in [5, 5.41) is 7.47. The minimum atomic E-state index is 0.0343. The molecule has 0 bridgehead atoms. The highest BCUT2D eigenvalue weighted by Crippen LogP contribution is 2.27. The molecule has 0 aliphatic carbocycles. The van der Waals surface area contributed by atoms with E-state index in [1.165, 1.54) is 0 Å². The molecule has 2 aromatic carbocycles. The molecule has 0 radical (unpaired) electrons. The zero-order valence-corrected chi connectivity index (χ0v) is 13.5. The van der Waals surface area contributed by atoms with Crippen molar-refractivity contribution in [1.29, 1.82) is 5.41 Å². The monoisotopic (exact) mass is 348 g/mol. The summed E-state index contributed by atoms with van der Waals surface area (Å²) in [5.41, 5.74) is 8.19. The van der Waals surface area contributed by atoms with E-state index in [1.807, 2.05) is 37.3 Å². The van der Waals surface area contributed by atoms with E-state index in [2.05, 4.69) is 15.9 Å². The van der Waals surface area contributed by atoms with Crippen molar-refractivity contribution in [2.45, 2.75) is 13.5 Å². The second kappa shape index (κ2) is 6.63.